The molecule has 0 heterocycles. The molecular formula is C23H31F3O4S. The zero-order valence-electron chi connectivity index (χ0n) is 18.4. The predicted molar refractivity (Wildman–Crippen MR) is 117 cm³/mol. The van der Waals surface area contributed by atoms with Gasteiger partial charge < -0.3 is 9.59 Å². The second-order valence-corrected chi connectivity index (χ2v) is 8.02. The van der Waals surface area contributed by atoms with Gasteiger partial charge in [0.05, 0.1) is 10.1 Å². The second-order valence-electron chi connectivity index (χ2n) is 5.88. The number of carbonyl (C=O) groups excluding carboxylic acids is 2. The number of benzene rings is 2. The molecule has 0 amide bonds. The number of halogens is 3. The van der Waals surface area contributed by atoms with Crippen molar-refractivity contribution in [2.45, 2.75) is 63.5 Å². The Labute approximate surface area is 183 Å². The smallest absolute Gasteiger partial charge is 0.185 e. The lowest BCUT2D eigenvalue weighted by molar-refractivity contribution is -0.106. The standard InChI is InChI=1S/C18H19F3O2S.C2H4O.C2H6.CH2O/c1-2-3-4-5-18(16-12-14(20)8-11-17(16)21)24(22,23)15-9-6-13(19)7-10-15;1-2-3;2*1-2/h6-12,18H,2-5H2,1H3;2H,1H3;1-2H3;1H2. The highest BCUT2D eigenvalue weighted by Crippen LogP contribution is 2.35. The van der Waals surface area contributed by atoms with Gasteiger partial charge in [0.2, 0.25) is 0 Å². The van der Waals surface area contributed by atoms with Crippen LogP contribution in [0.15, 0.2) is 47.4 Å². The number of hydrogen-bond acceptors (Lipinski definition) is 4. The average Bonchev–Trinajstić information content (AvgIpc) is 2.77. The van der Waals surface area contributed by atoms with Crippen LogP contribution in [0.5, 0.6) is 0 Å². The fourth-order valence-electron chi connectivity index (χ4n) is 2.61. The van der Waals surface area contributed by atoms with Gasteiger partial charge in [-0.25, -0.2) is 21.6 Å². The molecule has 0 N–H and O–H groups in total. The lowest BCUT2D eigenvalue weighted by atomic mass is 10.0. The molecule has 2 aromatic rings. The molecule has 0 radical (unpaired) electrons. The summed E-state index contributed by atoms with van der Waals surface area (Å²) in [5.74, 6) is -2.02. The Hall–Kier alpha value is -2.48. The Bertz CT molecular complexity index is 854. The third kappa shape index (κ3) is 10.4. The fourth-order valence-corrected chi connectivity index (χ4v) is 4.44. The molecule has 0 aliphatic heterocycles. The number of sulfone groups is 1. The van der Waals surface area contributed by atoms with Crippen LogP contribution in [0.25, 0.3) is 0 Å². The molecule has 31 heavy (non-hydrogen) atoms. The summed E-state index contributed by atoms with van der Waals surface area (Å²) in [4.78, 5) is 16.7. The maximum Gasteiger partial charge on any atom is 0.185 e. The van der Waals surface area contributed by atoms with E-state index in [1.807, 2.05) is 27.6 Å². The normalized spacial score (nSPS) is 10.8. The molecule has 4 nitrogen and oxygen atoms in total. The van der Waals surface area contributed by atoms with Crippen molar-refractivity contribution in [1.82, 2.24) is 0 Å². The first kappa shape index (κ1) is 30.7. The highest BCUT2D eigenvalue weighted by molar-refractivity contribution is 7.91. The molecule has 1 unspecified atom stereocenters. The Morgan fingerprint density at radius 2 is 1.42 bits per heavy atom. The summed E-state index contributed by atoms with van der Waals surface area (Å²) < 4.78 is 66.5. The number of aldehydes is 1. The van der Waals surface area contributed by atoms with Gasteiger partial charge in [-0.15, -0.1) is 0 Å². The summed E-state index contributed by atoms with van der Waals surface area (Å²) in [6, 6.07) is 7.18. The molecule has 0 saturated heterocycles. The molecule has 0 aromatic heterocycles. The predicted octanol–water partition coefficient (Wildman–Crippen LogP) is 6.25. The van der Waals surface area contributed by atoms with Crippen LogP contribution < -0.4 is 0 Å². The van der Waals surface area contributed by atoms with Gasteiger partial charge in [0.1, 0.15) is 30.5 Å². The molecule has 0 aliphatic rings. The van der Waals surface area contributed by atoms with E-state index in [1.54, 1.807) is 0 Å². The van der Waals surface area contributed by atoms with Crippen molar-refractivity contribution in [1.29, 1.82) is 0 Å². The van der Waals surface area contributed by atoms with Crippen LogP contribution in [0.1, 0.15) is 64.2 Å². The van der Waals surface area contributed by atoms with E-state index in [-0.39, 0.29) is 16.9 Å². The monoisotopic (exact) mass is 460 g/mol. The largest absolute Gasteiger partial charge is 0.307 e. The van der Waals surface area contributed by atoms with Crippen LogP contribution >= 0.6 is 0 Å². The summed E-state index contributed by atoms with van der Waals surface area (Å²) in [5, 5.41) is -1.20. The highest BCUT2D eigenvalue weighted by Gasteiger charge is 2.31. The summed E-state index contributed by atoms with van der Waals surface area (Å²) in [5.41, 5.74) is -0.185. The number of hydrogen-bond donors (Lipinski definition) is 0. The molecule has 1 atom stereocenters. The molecule has 0 aliphatic carbocycles. The minimum atomic E-state index is -3.96. The van der Waals surface area contributed by atoms with Crippen molar-refractivity contribution < 1.29 is 31.2 Å². The van der Waals surface area contributed by atoms with E-state index in [1.165, 1.54) is 6.92 Å². The van der Waals surface area contributed by atoms with Crippen molar-refractivity contribution in [2.75, 3.05) is 0 Å². The molecule has 0 saturated carbocycles. The molecule has 174 valence electrons. The minimum absolute atomic E-state index is 0.103. The summed E-state index contributed by atoms with van der Waals surface area (Å²) in [6.45, 7) is 9.41. The first-order chi connectivity index (χ1) is 14.8. The van der Waals surface area contributed by atoms with E-state index in [9.17, 15) is 21.6 Å². The number of rotatable bonds is 7. The maximum absolute atomic E-state index is 14.1. The van der Waals surface area contributed by atoms with Crippen LogP contribution in [0.3, 0.4) is 0 Å². The molecule has 2 aromatic carbocycles. The SMILES string of the molecule is C=O.CC.CC=O.CCCCCC(c1cc(F)ccc1F)S(=O)(=O)c1ccc(F)cc1. The molecule has 8 heteroatoms. The zero-order chi connectivity index (χ0) is 24.4. The van der Waals surface area contributed by atoms with Crippen LogP contribution in [0, 0.1) is 17.5 Å². The average molecular weight is 461 g/mol. The highest BCUT2D eigenvalue weighted by atomic mass is 32.2. The van der Waals surface area contributed by atoms with Gasteiger partial charge in [-0.2, -0.15) is 0 Å². The van der Waals surface area contributed by atoms with Crippen molar-refractivity contribution in [3.05, 3.63) is 65.5 Å². The Balaban J connectivity index is 0. The molecule has 0 spiro atoms. The van der Waals surface area contributed by atoms with Gasteiger partial charge in [-0.05, 0) is 55.8 Å². The van der Waals surface area contributed by atoms with Gasteiger partial charge >= 0.3 is 0 Å². The van der Waals surface area contributed by atoms with Crippen molar-refractivity contribution >= 4 is 22.9 Å². The summed E-state index contributed by atoms with van der Waals surface area (Å²) in [6.07, 6.45) is 3.15. The maximum atomic E-state index is 14.1. The van der Waals surface area contributed by atoms with Crippen molar-refractivity contribution in [3.8, 4) is 0 Å². The lowest BCUT2D eigenvalue weighted by Crippen LogP contribution is -2.16. The van der Waals surface area contributed by atoms with E-state index in [0.29, 0.717) is 6.42 Å². The van der Waals surface area contributed by atoms with Crippen LogP contribution in [-0.2, 0) is 19.4 Å². The summed E-state index contributed by atoms with van der Waals surface area (Å²) in [7, 11) is -3.96. The lowest BCUT2D eigenvalue weighted by Gasteiger charge is -2.19. The molecule has 2 rings (SSSR count). The van der Waals surface area contributed by atoms with Crippen molar-refractivity contribution in [3.63, 3.8) is 0 Å². The molecule has 0 bridgehead atoms. The fraction of sp³-hybridized carbons (Fsp3) is 0.391. The first-order valence-corrected chi connectivity index (χ1v) is 11.5. The number of unbranched alkanes of at least 4 members (excludes halogenated alkanes) is 2. The van der Waals surface area contributed by atoms with Crippen LogP contribution in [0.2, 0.25) is 0 Å². The topological polar surface area (TPSA) is 68.3 Å². The molecular weight excluding hydrogens is 429 g/mol. The third-order valence-electron chi connectivity index (χ3n) is 3.89. The van der Waals surface area contributed by atoms with Crippen molar-refractivity contribution in [2.24, 2.45) is 0 Å². The van der Waals surface area contributed by atoms with E-state index in [4.69, 9.17) is 9.59 Å². The van der Waals surface area contributed by atoms with E-state index in [0.717, 1.165) is 61.6 Å². The Morgan fingerprint density at radius 1 is 0.935 bits per heavy atom. The van der Waals surface area contributed by atoms with Crippen LogP contribution in [-0.4, -0.2) is 21.5 Å². The Morgan fingerprint density at radius 3 is 1.90 bits per heavy atom. The van der Waals surface area contributed by atoms with Gasteiger partial charge in [0.25, 0.3) is 0 Å². The quantitative estimate of drug-likeness (QED) is 0.278. The van der Waals surface area contributed by atoms with Gasteiger partial charge in [-0.1, -0.05) is 40.0 Å². The van der Waals surface area contributed by atoms with Gasteiger partial charge in [0, 0.05) is 5.56 Å². The van der Waals surface area contributed by atoms with Gasteiger partial charge in [0.15, 0.2) is 9.84 Å². The van der Waals surface area contributed by atoms with E-state index < -0.39 is 32.5 Å². The van der Waals surface area contributed by atoms with E-state index >= 15 is 0 Å². The summed E-state index contributed by atoms with van der Waals surface area (Å²) >= 11 is 0. The second kappa shape index (κ2) is 17.2. The minimum Gasteiger partial charge on any atom is -0.307 e. The number of carbonyl (C=O) groups is 2. The first-order valence-electron chi connectivity index (χ1n) is 9.91. The Kier molecular flexibility index (Phi) is 17.1. The third-order valence-corrected chi connectivity index (χ3v) is 6.06. The van der Waals surface area contributed by atoms with Gasteiger partial charge in [-0.3, -0.25) is 0 Å². The van der Waals surface area contributed by atoms with Crippen LogP contribution in [0.4, 0.5) is 13.2 Å². The molecule has 0 fully saturated rings. The van der Waals surface area contributed by atoms with E-state index in [2.05, 4.69) is 0 Å². The zero-order valence-corrected chi connectivity index (χ0v) is 19.2.